The maximum Gasteiger partial charge on any atom is 0.313 e. The molecule has 0 unspecified atom stereocenters. The number of nitrogens with zero attached hydrogens (tertiary/aromatic N) is 2. The van der Waals surface area contributed by atoms with Crippen LogP contribution in [-0.4, -0.2) is 29.9 Å². The third-order valence-electron chi connectivity index (χ3n) is 4.39. The summed E-state index contributed by atoms with van der Waals surface area (Å²) in [4.78, 5) is 30.9. The molecule has 27 heavy (non-hydrogen) atoms. The Morgan fingerprint density at radius 1 is 1.04 bits per heavy atom. The molecule has 144 valence electrons. The number of amides is 2. The summed E-state index contributed by atoms with van der Waals surface area (Å²) in [5.74, 6) is -0.185. The molecule has 6 nitrogen and oxygen atoms in total. The molecule has 0 spiro atoms. The molecule has 0 aliphatic rings. The fraction of sp³-hybridized carbons (Fsp3) is 0.381. The van der Waals surface area contributed by atoms with Gasteiger partial charge in [-0.2, -0.15) is 0 Å². The number of carbonyl (C=O) groups is 2. The van der Waals surface area contributed by atoms with Gasteiger partial charge in [-0.3, -0.25) is 9.59 Å². The number of benzene rings is 1. The van der Waals surface area contributed by atoms with Crippen LogP contribution >= 0.6 is 0 Å². The van der Waals surface area contributed by atoms with E-state index in [4.69, 9.17) is 0 Å². The molecule has 2 rings (SSSR count). The first kappa shape index (κ1) is 20.4. The van der Waals surface area contributed by atoms with Crippen molar-refractivity contribution >= 4 is 23.3 Å². The number of rotatable bonds is 7. The van der Waals surface area contributed by atoms with E-state index in [1.54, 1.807) is 12.3 Å². The first-order valence-corrected chi connectivity index (χ1v) is 9.34. The Morgan fingerprint density at radius 3 is 2.33 bits per heavy atom. The van der Waals surface area contributed by atoms with Crippen molar-refractivity contribution in [2.75, 3.05) is 23.3 Å². The third kappa shape index (κ3) is 5.54. The Bertz CT molecular complexity index is 768. The van der Waals surface area contributed by atoms with Crippen LogP contribution < -0.4 is 15.5 Å². The van der Waals surface area contributed by atoms with Crippen LogP contribution in [0.25, 0.3) is 0 Å². The molecule has 0 radical (unpaired) electrons. The van der Waals surface area contributed by atoms with Crippen LogP contribution in [-0.2, 0) is 16.1 Å². The molecule has 1 aromatic heterocycles. The van der Waals surface area contributed by atoms with E-state index in [1.165, 1.54) is 0 Å². The fourth-order valence-corrected chi connectivity index (χ4v) is 2.81. The Balaban J connectivity index is 1.93. The van der Waals surface area contributed by atoms with Gasteiger partial charge in [0.2, 0.25) is 0 Å². The Kier molecular flexibility index (Phi) is 7.34. The first-order chi connectivity index (χ1) is 13.0. The summed E-state index contributed by atoms with van der Waals surface area (Å²) in [6, 6.07) is 11.3. The molecule has 2 amide bonds. The lowest BCUT2D eigenvalue weighted by atomic mass is 10.0. The van der Waals surface area contributed by atoms with E-state index in [0.717, 1.165) is 30.0 Å². The van der Waals surface area contributed by atoms with Crippen LogP contribution in [0, 0.1) is 0 Å². The number of pyridine rings is 1. The number of aromatic nitrogens is 1. The van der Waals surface area contributed by atoms with Gasteiger partial charge in [0.15, 0.2) is 0 Å². The third-order valence-corrected chi connectivity index (χ3v) is 4.39. The topological polar surface area (TPSA) is 74.3 Å². The van der Waals surface area contributed by atoms with Crippen molar-refractivity contribution in [3.05, 3.63) is 53.7 Å². The van der Waals surface area contributed by atoms with Gasteiger partial charge >= 0.3 is 11.8 Å². The van der Waals surface area contributed by atoms with Gasteiger partial charge in [-0.1, -0.05) is 38.1 Å². The summed E-state index contributed by atoms with van der Waals surface area (Å²) in [6.07, 6.45) is 1.72. The van der Waals surface area contributed by atoms with Crippen molar-refractivity contribution in [3.8, 4) is 0 Å². The highest BCUT2D eigenvalue weighted by atomic mass is 16.2. The van der Waals surface area contributed by atoms with Gasteiger partial charge in [0.1, 0.15) is 5.82 Å². The van der Waals surface area contributed by atoms with E-state index >= 15 is 0 Å². The average Bonchev–Trinajstić information content (AvgIpc) is 2.68. The largest absolute Gasteiger partial charge is 0.357 e. The molecular weight excluding hydrogens is 340 g/mol. The second-order valence-electron chi connectivity index (χ2n) is 6.58. The number of carbonyl (C=O) groups excluding carboxylic acids is 2. The van der Waals surface area contributed by atoms with Gasteiger partial charge in [-0.25, -0.2) is 4.98 Å². The van der Waals surface area contributed by atoms with E-state index in [9.17, 15) is 9.59 Å². The summed E-state index contributed by atoms with van der Waals surface area (Å²) in [7, 11) is 0. The van der Waals surface area contributed by atoms with Gasteiger partial charge in [-0.15, -0.1) is 0 Å². The van der Waals surface area contributed by atoms with Gasteiger partial charge in [0.05, 0.1) is 0 Å². The molecule has 2 aromatic rings. The lowest BCUT2D eigenvalue weighted by molar-refractivity contribution is -0.136. The summed E-state index contributed by atoms with van der Waals surface area (Å²) in [5, 5.41) is 5.33. The highest BCUT2D eigenvalue weighted by molar-refractivity contribution is 6.39. The molecule has 0 saturated carbocycles. The zero-order valence-corrected chi connectivity index (χ0v) is 16.5. The minimum Gasteiger partial charge on any atom is -0.357 e. The maximum absolute atomic E-state index is 12.2. The van der Waals surface area contributed by atoms with Crippen LogP contribution in [0.1, 0.15) is 44.7 Å². The maximum atomic E-state index is 12.2. The second-order valence-corrected chi connectivity index (χ2v) is 6.58. The Morgan fingerprint density at radius 2 is 1.74 bits per heavy atom. The molecule has 2 N–H and O–H groups in total. The zero-order chi connectivity index (χ0) is 19.8. The molecule has 1 heterocycles. The molecule has 0 aliphatic heterocycles. The van der Waals surface area contributed by atoms with Crippen molar-refractivity contribution < 1.29 is 9.59 Å². The summed E-state index contributed by atoms with van der Waals surface area (Å²) in [6.45, 7) is 10.3. The van der Waals surface area contributed by atoms with Crippen molar-refractivity contribution in [1.29, 1.82) is 0 Å². The highest BCUT2D eigenvalue weighted by Gasteiger charge is 2.16. The van der Waals surface area contributed by atoms with Gasteiger partial charge in [0, 0.05) is 31.5 Å². The van der Waals surface area contributed by atoms with Crippen LogP contribution in [0.5, 0.6) is 0 Å². The number of hydrogen-bond donors (Lipinski definition) is 2. The minimum absolute atomic E-state index is 0.250. The summed E-state index contributed by atoms with van der Waals surface area (Å²) < 4.78 is 0. The number of nitrogens with one attached hydrogen (secondary N) is 2. The molecule has 6 heteroatoms. The predicted molar refractivity (Wildman–Crippen MR) is 109 cm³/mol. The average molecular weight is 368 g/mol. The quantitative estimate of drug-likeness (QED) is 0.736. The van der Waals surface area contributed by atoms with E-state index in [0.29, 0.717) is 5.69 Å². The Hall–Kier alpha value is -2.89. The van der Waals surface area contributed by atoms with Crippen molar-refractivity contribution in [3.63, 3.8) is 0 Å². The molecule has 0 atom stereocenters. The lowest BCUT2D eigenvalue weighted by Crippen LogP contribution is -2.35. The van der Waals surface area contributed by atoms with Crippen LogP contribution in [0.2, 0.25) is 0 Å². The van der Waals surface area contributed by atoms with Crippen molar-refractivity contribution in [2.24, 2.45) is 0 Å². The molecule has 0 bridgehead atoms. The lowest BCUT2D eigenvalue weighted by Gasteiger charge is -2.19. The fourth-order valence-electron chi connectivity index (χ4n) is 2.81. The minimum atomic E-state index is -0.671. The predicted octanol–water partition coefficient (Wildman–Crippen LogP) is 3.31. The van der Waals surface area contributed by atoms with E-state index in [1.807, 2.05) is 44.2 Å². The standard InChI is InChI=1S/C21H28N4O2/c1-5-25(6-2)19-12-11-16(13-22-19)14-23-20(26)21(27)24-18-10-8-7-9-17(18)15(3)4/h7-13,15H,5-6,14H2,1-4H3,(H,23,26)(H,24,27). The molecule has 0 aliphatic carbocycles. The van der Waals surface area contributed by atoms with Crippen molar-refractivity contribution in [2.45, 2.75) is 40.2 Å². The van der Waals surface area contributed by atoms with E-state index in [-0.39, 0.29) is 12.5 Å². The van der Waals surface area contributed by atoms with Gasteiger partial charge in [0.25, 0.3) is 0 Å². The van der Waals surface area contributed by atoms with Crippen LogP contribution in [0.4, 0.5) is 11.5 Å². The monoisotopic (exact) mass is 368 g/mol. The number of anilines is 2. The summed E-state index contributed by atoms with van der Waals surface area (Å²) in [5.41, 5.74) is 2.50. The molecular formula is C21H28N4O2. The van der Waals surface area contributed by atoms with Gasteiger partial charge in [-0.05, 0) is 43.0 Å². The normalized spacial score (nSPS) is 10.6. The Labute approximate surface area is 161 Å². The molecule has 1 aromatic carbocycles. The van der Waals surface area contributed by atoms with E-state index in [2.05, 4.69) is 34.4 Å². The number of hydrogen-bond acceptors (Lipinski definition) is 4. The smallest absolute Gasteiger partial charge is 0.313 e. The molecule has 0 saturated heterocycles. The summed E-state index contributed by atoms with van der Waals surface area (Å²) >= 11 is 0. The molecule has 0 fully saturated rings. The SMILES string of the molecule is CCN(CC)c1ccc(CNC(=O)C(=O)Nc2ccccc2C(C)C)cn1. The van der Waals surface area contributed by atoms with E-state index < -0.39 is 11.8 Å². The van der Waals surface area contributed by atoms with Gasteiger partial charge < -0.3 is 15.5 Å². The first-order valence-electron chi connectivity index (χ1n) is 9.34. The number of para-hydroxylation sites is 1. The highest BCUT2D eigenvalue weighted by Crippen LogP contribution is 2.23. The van der Waals surface area contributed by atoms with Crippen LogP contribution in [0.15, 0.2) is 42.6 Å². The second kappa shape index (κ2) is 9.71. The zero-order valence-electron chi connectivity index (χ0n) is 16.5. The van der Waals surface area contributed by atoms with Crippen molar-refractivity contribution in [1.82, 2.24) is 10.3 Å². The van der Waals surface area contributed by atoms with Crippen LogP contribution in [0.3, 0.4) is 0 Å².